The number of hydrogen-bond donors (Lipinski definition) is 1. The number of nitrogens with one attached hydrogen (secondary N) is 1. The minimum Gasteiger partial charge on any atom is -0.354 e. The van der Waals surface area contributed by atoms with Crippen LogP contribution in [0.5, 0.6) is 0 Å². The molecule has 0 aliphatic heterocycles. The fourth-order valence-electron chi connectivity index (χ4n) is 3.76. The summed E-state index contributed by atoms with van der Waals surface area (Å²) in [4.78, 5) is 28.3. The molecule has 0 aliphatic rings. The van der Waals surface area contributed by atoms with Gasteiger partial charge in [-0.2, -0.15) is 12.7 Å². The van der Waals surface area contributed by atoms with Crippen LogP contribution < -0.4 is 9.62 Å². The molecule has 1 atom stereocenters. The third kappa shape index (κ3) is 7.44. The zero-order valence-corrected chi connectivity index (χ0v) is 23.5. The lowest BCUT2D eigenvalue weighted by atomic mass is 10.1. The second kappa shape index (κ2) is 13.1. The van der Waals surface area contributed by atoms with Crippen LogP contribution in [0.4, 0.5) is 5.69 Å². The number of hydrogen-bond acceptors (Lipinski definition) is 4. The van der Waals surface area contributed by atoms with Crippen LogP contribution in [0.2, 0.25) is 5.02 Å². The van der Waals surface area contributed by atoms with Gasteiger partial charge < -0.3 is 10.2 Å². The number of aryl methyl sites for hydroxylation is 2. The van der Waals surface area contributed by atoms with Gasteiger partial charge in [0.1, 0.15) is 12.6 Å². The van der Waals surface area contributed by atoms with Crippen molar-refractivity contribution in [1.29, 1.82) is 0 Å². The first-order chi connectivity index (χ1) is 16.9. The summed E-state index contributed by atoms with van der Waals surface area (Å²) in [5.41, 5.74) is 2.79. The van der Waals surface area contributed by atoms with Gasteiger partial charge >= 0.3 is 10.2 Å². The normalized spacial score (nSPS) is 12.3. The lowest BCUT2D eigenvalue weighted by molar-refractivity contribution is -0.140. The van der Waals surface area contributed by atoms with E-state index in [4.69, 9.17) is 11.6 Å². The van der Waals surface area contributed by atoms with E-state index in [1.54, 1.807) is 37.3 Å². The Balaban J connectivity index is 2.53. The Kier molecular flexibility index (Phi) is 10.8. The smallest absolute Gasteiger partial charge is 0.304 e. The first kappa shape index (κ1) is 29.6. The van der Waals surface area contributed by atoms with Crippen LogP contribution in [0.3, 0.4) is 0 Å². The third-order valence-corrected chi connectivity index (χ3v) is 7.91. The average Bonchev–Trinajstić information content (AvgIpc) is 2.83. The molecule has 0 heterocycles. The fourth-order valence-corrected chi connectivity index (χ4v) is 5.00. The van der Waals surface area contributed by atoms with Gasteiger partial charge in [-0.15, -0.1) is 0 Å². The summed E-state index contributed by atoms with van der Waals surface area (Å²) in [7, 11) is -1.15. The van der Waals surface area contributed by atoms with E-state index in [1.165, 1.54) is 19.0 Å². The first-order valence-corrected chi connectivity index (χ1v) is 13.8. The molecule has 8 nitrogen and oxygen atoms in total. The molecule has 198 valence electrons. The molecule has 0 fully saturated rings. The molecule has 0 saturated heterocycles. The van der Waals surface area contributed by atoms with Gasteiger partial charge in [0.15, 0.2) is 0 Å². The number of benzene rings is 2. The second-order valence-electron chi connectivity index (χ2n) is 8.95. The molecule has 0 aromatic heterocycles. The molecule has 0 bridgehead atoms. The number of nitrogens with zero attached hydrogens (tertiary/aromatic N) is 3. The number of carbonyl (C=O) groups is 2. The molecule has 36 heavy (non-hydrogen) atoms. The summed E-state index contributed by atoms with van der Waals surface area (Å²) in [6.45, 7) is 7.62. The predicted octanol–water partition coefficient (Wildman–Crippen LogP) is 3.90. The summed E-state index contributed by atoms with van der Waals surface area (Å²) in [6.07, 6.45) is 1.13. The highest BCUT2D eigenvalue weighted by Gasteiger charge is 2.34. The molecular formula is C26H37ClN4O4S. The Morgan fingerprint density at radius 3 is 2.22 bits per heavy atom. The zero-order valence-electron chi connectivity index (χ0n) is 21.9. The number of halogens is 1. The summed E-state index contributed by atoms with van der Waals surface area (Å²) < 4.78 is 28.9. The Hall–Kier alpha value is -2.62. The number of carbonyl (C=O) groups excluding carboxylic acids is 2. The van der Waals surface area contributed by atoms with Crippen molar-refractivity contribution in [2.75, 3.05) is 31.5 Å². The van der Waals surface area contributed by atoms with Gasteiger partial charge in [0.25, 0.3) is 0 Å². The van der Waals surface area contributed by atoms with Crippen molar-refractivity contribution in [3.05, 3.63) is 64.2 Å². The number of anilines is 1. The minimum absolute atomic E-state index is 0.136. The Morgan fingerprint density at radius 2 is 1.67 bits per heavy atom. The maximum atomic E-state index is 13.8. The highest BCUT2D eigenvalue weighted by Crippen LogP contribution is 2.26. The Labute approximate surface area is 220 Å². The molecule has 2 aromatic carbocycles. The van der Waals surface area contributed by atoms with Crippen LogP contribution in [0.25, 0.3) is 0 Å². The molecule has 2 aromatic rings. The van der Waals surface area contributed by atoms with E-state index in [1.807, 2.05) is 32.9 Å². The zero-order chi connectivity index (χ0) is 27.0. The van der Waals surface area contributed by atoms with Gasteiger partial charge in [-0.05, 0) is 61.6 Å². The molecule has 1 unspecified atom stereocenters. The monoisotopic (exact) mass is 536 g/mol. The molecule has 0 spiro atoms. The lowest BCUT2D eigenvalue weighted by Gasteiger charge is -2.34. The van der Waals surface area contributed by atoms with Gasteiger partial charge in [-0.1, -0.05) is 49.7 Å². The predicted molar refractivity (Wildman–Crippen MR) is 145 cm³/mol. The van der Waals surface area contributed by atoms with E-state index in [0.717, 1.165) is 31.7 Å². The number of amides is 2. The van der Waals surface area contributed by atoms with Crippen LogP contribution >= 0.6 is 11.6 Å². The molecule has 0 saturated carbocycles. The second-order valence-corrected chi connectivity index (χ2v) is 11.5. The quantitative estimate of drug-likeness (QED) is 0.445. The maximum absolute atomic E-state index is 13.8. The fraction of sp³-hybridized carbons (Fsp3) is 0.462. The summed E-state index contributed by atoms with van der Waals surface area (Å²) in [6, 6.07) is 11.7. The van der Waals surface area contributed by atoms with Crippen molar-refractivity contribution >= 4 is 39.3 Å². The van der Waals surface area contributed by atoms with Crippen LogP contribution in [0, 0.1) is 13.8 Å². The van der Waals surface area contributed by atoms with Crippen LogP contribution in [-0.2, 0) is 26.3 Å². The maximum Gasteiger partial charge on any atom is 0.304 e. The van der Waals surface area contributed by atoms with Gasteiger partial charge in [-0.25, -0.2) is 4.31 Å². The highest BCUT2D eigenvalue weighted by atomic mass is 35.5. The van der Waals surface area contributed by atoms with E-state index in [2.05, 4.69) is 5.32 Å². The number of rotatable bonds is 12. The Morgan fingerprint density at radius 1 is 1.03 bits per heavy atom. The first-order valence-electron chi connectivity index (χ1n) is 12.0. The molecule has 10 heteroatoms. The van der Waals surface area contributed by atoms with E-state index in [-0.39, 0.29) is 12.5 Å². The van der Waals surface area contributed by atoms with E-state index >= 15 is 0 Å². The van der Waals surface area contributed by atoms with Crippen molar-refractivity contribution in [3.8, 4) is 0 Å². The molecule has 0 radical (unpaired) electrons. The van der Waals surface area contributed by atoms with Crippen LogP contribution in [-0.4, -0.2) is 62.7 Å². The summed E-state index contributed by atoms with van der Waals surface area (Å²) in [5, 5.41) is 3.43. The van der Waals surface area contributed by atoms with Crippen molar-refractivity contribution in [1.82, 2.24) is 14.5 Å². The SMILES string of the molecule is CCCNC(=O)C(CC)N(Cc1ccc(Cl)cc1)C(=O)CN(c1cc(C)ccc1C)S(=O)(=O)N(C)C. The molecule has 1 N–H and O–H groups in total. The highest BCUT2D eigenvalue weighted by molar-refractivity contribution is 7.90. The van der Waals surface area contributed by atoms with Crippen molar-refractivity contribution in [2.45, 2.75) is 53.1 Å². The summed E-state index contributed by atoms with van der Waals surface area (Å²) >= 11 is 6.03. The minimum atomic E-state index is -4.00. The average molecular weight is 537 g/mol. The topological polar surface area (TPSA) is 90.0 Å². The van der Waals surface area contributed by atoms with Gasteiger partial charge in [0.2, 0.25) is 11.8 Å². The van der Waals surface area contributed by atoms with Crippen LogP contribution in [0.1, 0.15) is 43.4 Å². The van der Waals surface area contributed by atoms with Crippen molar-refractivity contribution < 1.29 is 18.0 Å². The van der Waals surface area contributed by atoms with E-state index in [0.29, 0.717) is 23.7 Å². The van der Waals surface area contributed by atoms with Crippen molar-refractivity contribution in [2.24, 2.45) is 0 Å². The third-order valence-electron chi connectivity index (χ3n) is 5.85. The van der Waals surface area contributed by atoms with Gasteiger partial charge in [0.05, 0.1) is 5.69 Å². The molecular weight excluding hydrogens is 500 g/mol. The van der Waals surface area contributed by atoms with E-state index < -0.39 is 28.7 Å². The van der Waals surface area contributed by atoms with Crippen LogP contribution in [0.15, 0.2) is 42.5 Å². The van der Waals surface area contributed by atoms with Gasteiger partial charge in [0, 0.05) is 32.2 Å². The van der Waals surface area contributed by atoms with Crippen molar-refractivity contribution in [3.63, 3.8) is 0 Å². The standard InChI is InChI=1S/C26H37ClN4O4S/c1-7-15-28-26(33)23(8-2)30(17-21-11-13-22(27)14-12-21)25(32)18-31(36(34,35)29(5)6)24-16-19(3)9-10-20(24)4/h9-14,16,23H,7-8,15,17-18H2,1-6H3,(H,28,33). The summed E-state index contributed by atoms with van der Waals surface area (Å²) in [5.74, 6) is -0.745. The molecule has 2 amide bonds. The Bertz CT molecular complexity index is 1150. The van der Waals surface area contributed by atoms with E-state index in [9.17, 15) is 18.0 Å². The van der Waals surface area contributed by atoms with Gasteiger partial charge in [-0.3, -0.25) is 9.59 Å². The lowest BCUT2D eigenvalue weighted by Crippen LogP contribution is -2.53. The molecule has 2 rings (SSSR count). The largest absolute Gasteiger partial charge is 0.354 e. The molecule has 0 aliphatic carbocycles.